The van der Waals surface area contributed by atoms with Crippen LogP contribution in [0.3, 0.4) is 0 Å². The second kappa shape index (κ2) is 9.61. The number of hydrogen-bond acceptors (Lipinski definition) is 5. The SMILES string of the molecule is Cc1cccc(OC(C)C(=O)NCCCc2nn(-c3ccccc3)c(N)c2C#N)c1. The lowest BCUT2D eigenvalue weighted by atomic mass is 10.1. The molecule has 0 bridgehead atoms. The van der Waals surface area contributed by atoms with Crippen molar-refractivity contribution in [3.8, 4) is 17.5 Å². The molecule has 7 nitrogen and oxygen atoms in total. The Morgan fingerprint density at radius 2 is 2.03 bits per heavy atom. The summed E-state index contributed by atoms with van der Waals surface area (Å²) in [5.41, 5.74) is 8.98. The zero-order valence-corrected chi connectivity index (χ0v) is 17.1. The molecule has 1 atom stereocenters. The number of para-hydroxylation sites is 1. The highest BCUT2D eigenvalue weighted by Gasteiger charge is 2.17. The molecular weight excluding hydrogens is 378 g/mol. The van der Waals surface area contributed by atoms with Crippen molar-refractivity contribution in [2.45, 2.75) is 32.8 Å². The Hall–Kier alpha value is -3.79. The molecular formula is C23H25N5O2. The van der Waals surface area contributed by atoms with E-state index in [9.17, 15) is 10.1 Å². The molecule has 1 unspecified atom stereocenters. The molecule has 3 rings (SSSR count). The highest BCUT2D eigenvalue weighted by atomic mass is 16.5. The maximum absolute atomic E-state index is 12.3. The van der Waals surface area contributed by atoms with Crippen molar-refractivity contribution < 1.29 is 9.53 Å². The number of nitriles is 1. The molecule has 30 heavy (non-hydrogen) atoms. The molecule has 3 N–H and O–H groups in total. The van der Waals surface area contributed by atoms with E-state index in [1.165, 1.54) is 0 Å². The molecule has 1 heterocycles. The van der Waals surface area contributed by atoms with E-state index >= 15 is 0 Å². The van der Waals surface area contributed by atoms with Gasteiger partial charge in [-0.2, -0.15) is 10.4 Å². The number of ether oxygens (including phenoxy) is 1. The summed E-state index contributed by atoms with van der Waals surface area (Å²) in [7, 11) is 0. The molecule has 0 radical (unpaired) electrons. The van der Waals surface area contributed by atoms with Gasteiger partial charge in [0.1, 0.15) is 23.2 Å². The van der Waals surface area contributed by atoms with Crippen LogP contribution in [0.15, 0.2) is 54.6 Å². The summed E-state index contributed by atoms with van der Waals surface area (Å²) in [5.74, 6) is 0.799. The van der Waals surface area contributed by atoms with Gasteiger partial charge < -0.3 is 15.8 Å². The van der Waals surface area contributed by atoms with Gasteiger partial charge in [0.25, 0.3) is 5.91 Å². The van der Waals surface area contributed by atoms with Crippen LogP contribution < -0.4 is 15.8 Å². The fourth-order valence-corrected chi connectivity index (χ4v) is 3.10. The first-order valence-electron chi connectivity index (χ1n) is 9.83. The van der Waals surface area contributed by atoms with Gasteiger partial charge in [0.2, 0.25) is 0 Å². The number of aromatic nitrogens is 2. The summed E-state index contributed by atoms with van der Waals surface area (Å²) >= 11 is 0. The van der Waals surface area contributed by atoms with Gasteiger partial charge in [-0.1, -0.05) is 30.3 Å². The fraction of sp³-hybridized carbons (Fsp3) is 0.261. The summed E-state index contributed by atoms with van der Waals surface area (Å²) < 4.78 is 7.26. The zero-order chi connectivity index (χ0) is 21.5. The van der Waals surface area contributed by atoms with Crippen LogP contribution in [0.4, 0.5) is 5.82 Å². The molecule has 0 aliphatic carbocycles. The van der Waals surface area contributed by atoms with E-state index in [4.69, 9.17) is 10.5 Å². The van der Waals surface area contributed by atoms with Gasteiger partial charge in [-0.25, -0.2) is 4.68 Å². The number of nitrogens with zero attached hydrogens (tertiary/aromatic N) is 3. The van der Waals surface area contributed by atoms with Gasteiger partial charge in [-0.05, 0) is 56.5 Å². The van der Waals surface area contributed by atoms with Gasteiger partial charge >= 0.3 is 0 Å². The third kappa shape index (κ3) is 4.97. The van der Waals surface area contributed by atoms with E-state index in [0.717, 1.165) is 11.3 Å². The number of hydrogen-bond donors (Lipinski definition) is 2. The van der Waals surface area contributed by atoms with E-state index in [0.29, 0.717) is 42.2 Å². The van der Waals surface area contributed by atoms with E-state index in [1.54, 1.807) is 11.6 Å². The summed E-state index contributed by atoms with van der Waals surface area (Å²) in [5, 5.41) is 16.8. The molecule has 154 valence electrons. The monoisotopic (exact) mass is 403 g/mol. The first-order valence-corrected chi connectivity index (χ1v) is 9.83. The summed E-state index contributed by atoms with van der Waals surface area (Å²) in [6.07, 6.45) is 0.554. The maximum atomic E-state index is 12.3. The molecule has 3 aromatic rings. The fourth-order valence-electron chi connectivity index (χ4n) is 3.10. The number of nitrogens with one attached hydrogen (secondary N) is 1. The second-order valence-corrected chi connectivity index (χ2v) is 7.04. The molecule has 1 amide bonds. The van der Waals surface area contributed by atoms with Crippen LogP contribution in [-0.2, 0) is 11.2 Å². The Morgan fingerprint density at radius 1 is 1.27 bits per heavy atom. The highest BCUT2D eigenvalue weighted by Crippen LogP contribution is 2.21. The number of carbonyl (C=O) groups is 1. The number of benzene rings is 2. The smallest absolute Gasteiger partial charge is 0.260 e. The van der Waals surface area contributed by atoms with Crippen LogP contribution in [0.5, 0.6) is 5.75 Å². The van der Waals surface area contributed by atoms with Gasteiger partial charge in [0.05, 0.1) is 11.4 Å². The molecule has 0 saturated heterocycles. The summed E-state index contributed by atoms with van der Waals surface area (Å²) in [6.45, 7) is 4.13. The topological polar surface area (TPSA) is 106 Å². The largest absolute Gasteiger partial charge is 0.481 e. The van der Waals surface area contributed by atoms with Crippen LogP contribution in [0.1, 0.15) is 30.2 Å². The predicted molar refractivity (Wildman–Crippen MR) is 115 cm³/mol. The van der Waals surface area contributed by atoms with E-state index in [-0.39, 0.29) is 5.91 Å². The number of aryl methyl sites for hydroxylation is 2. The average Bonchev–Trinajstić information content (AvgIpc) is 3.06. The lowest BCUT2D eigenvalue weighted by Gasteiger charge is -2.15. The minimum atomic E-state index is -0.602. The van der Waals surface area contributed by atoms with Crippen LogP contribution in [0.2, 0.25) is 0 Å². The Kier molecular flexibility index (Phi) is 6.71. The molecule has 7 heteroatoms. The number of anilines is 1. The highest BCUT2D eigenvalue weighted by molar-refractivity contribution is 5.80. The lowest BCUT2D eigenvalue weighted by Crippen LogP contribution is -2.37. The Bertz CT molecular complexity index is 1050. The number of amides is 1. The Morgan fingerprint density at radius 3 is 2.73 bits per heavy atom. The minimum absolute atomic E-state index is 0.189. The van der Waals surface area contributed by atoms with Crippen molar-refractivity contribution >= 4 is 11.7 Å². The number of rotatable bonds is 8. The first-order chi connectivity index (χ1) is 14.5. The van der Waals surface area contributed by atoms with Crippen molar-refractivity contribution in [3.63, 3.8) is 0 Å². The molecule has 2 aromatic carbocycles. The Balaban J connectivity index is 1.54. The second-order valence-electron chi connectivity index (χ2n) is 7.04. The summed E-state index contributed by atoms with van der Waals surface area (Å²) in [4.78, 5) is 12.3. The summed E-state index contributed by atoms with van der Waals surface area (Å²) in [6, 6.07) is 19.2. The molecule has 0 saturated carbocycles. The third-order valence-electron chi connectivity index (χ3n) is 4.67. The number of nitrogen functional groups attached to an aromatic ring is 1. The van der Waals surface area contributed by atoms with Gasteiger partial charge in [-0.3, -0.25) is 4.79 Å². The van der Waals surface area contributed by atoms with Gasteiger partial charge in [-0.15, -0.1) is 0 Å². The quantitative estimate of drug-likeness (QED) is 0.562. The molecule has 0 spiro atoms. The zero-order valence-electron chi connectivity index (χ0n) is 17.1. The third-order valence-corrected chi connectivity index (χ3v) is 4.67. The Labute approximate surface area is 176 Å². The average molecular weight is 403 g/mol. The van der Waals surface area contributed by atoms with Crippen LogP contribution in [-0.4, -0.2) is 28.3 Å². The van der Waals surface area contributed by atoms with Crippen molar-refractivity contribution in [2.75, 3.05) is 12.3 Å². The molecule has 0 aliphatic rings. The van der Waals surface area contributed by atoms with Crippen LogP contribution in [0, 0.1) is 18.3 Å². The number of carbonyl (C=O) groups excluding carboxylic acids is 1. The number of nitrogens with two attached hydrogens (primary N) is 1. The van der Waals surface area contributed by atoms with Gasteiger partial charge in [0.15, 0.2) is 6.10 Å². The van der Waals surface area contributed by atoms with E-state index in [2.05, 4.69) is 16.5 Å². The van der Waals surface area contributed by atoms with Crippen molar-refractivity contribution in [1.29, 1.82) is 5.26 Å². The molecule has 1 aromatic heterocycles. The normalized spacial score (nSPS) is 11.5. The van der Waals surface area contributed by atoms with Crippen molar-refractivity contribution in [1.82, 2.24) is 15.1 Å². The van der Waals surface area contributed by atoms with E-state index < -0.39 is 6.10 Å². The van der Waals surface area contributed by atoms with Crippen LogP contribution >= 0.6 is 0 Å². The molecule has 0 aliphatic heterocycles. The first kappa shape index (κ1) is 20.9. The van der Waals surface area contributed by atoms with Gasteiger partial charge in [0, 0.05) is 6.54 Å². The maximum Gasteiger partial charge on any atom is 0.260 e. The standard InChI is InChI=1S/C23H25N5O2/c1-16-8-6-11-19(14-16)30-17(2)23(29)26-13-7-12-21-20(15-24)22(25)28(27-21)18-9-4-3-5-10-18/h3-6,8-11,14,17H,7,12-13,25H2,1-2H3,(H,26,29). The molecule has 0 fully saturated rings. The lowest BCUT2D eigenvalue weighted by molar-refractivity contribution is -0.127. The van der Waals surface area contributed by atoms with Crippen molar-refractivity contribution in [3.05, 3.63) is 71.4 Å². The predicted octanol–water partition coefficient (Wildman–Crippen LogP) is 3.15. The van der Waals surface area contributed by atoms with Crippen molar-refractivity contribution in [2.24, 2.45) is 0 Å². The van der Waals surface area contributed by atoms with E-state index in [1.807, 2.05) is 61.5 Å². The minimum Gasteiger partial charge on any atom is -0.481 e. The van der Waals surface area contributed by atoms with Crippen LogP contribution in [0.25, 0.3) is 5.69 Å².